The van der Waals surface area contributed by atoms with E-state index in [-0.39, 0.29) is 13.2 Å². The summed E-state index contributed by atoms with van der Waals surface area (Å²) < 4.78 is 27.4. The number of sulfone groups is 1. The Hall–Kier alpha value is -1.76. The van der Waals surface area contributed by atoms with Crippen LogP contribution in [0.2, 0.25) is 0 Å². The number of nitrogens with two attached hydrogens (primary N) is 1. The predicted molar refractivity (Wildman–Crippen MR) is 84.2 cm³/mol. The molecule has 118 valence electrons. The van der Waals surface area contributed by atoms with Crippen LogP contribution in [0.25, 0.3) is 0 Å². The van der Waals surface area contributed by atoms with Gasteiger partial charge in [-0.2, -0.15) is 0 Å². The lowest BCUT2D eigenvalue weighted by atomic mass is 10.1. The second-order valence-electron chi connectivity index (χ2n) is 5.41. The largest absolute Gasteiger partial charge is 0.462 e. The van der Waals surface area contributed by atoms with Crippen molar-refractivity contribution in [3.8, 4) is 0 Å². The van der Waals surface area contributed by atoms with E-state index in [4.69, 9.17) is 10.5 Å². The lowest BCUT2D eigenvalue weighted by Gasteiger charge is -2.24. The van der Waals surface area contributed by atoms with Gasteiger partial charge < -0.3 is 15.8 Å². The molecular formula is C14H22N2O4S. The Morgan fingerprint density at radius 1 is 1.38 bits per heavy atom. The Labute approximate surface area is 125 Å². The van der Waals surface area contributed by atoms with Crippen molar-refractivity contribution >= 4 is 27.2 Å². The Morgan fingerprint density at radius 3 is 2.52 bits per heavy atom. The van der Waals surface area contributed by atoms with Gasteiger partial charge in [-0.05, 0) is 39.0 Å². The monoisotopic (exact) mass is 314 g/mol. The van der Waals surface area contributed by atoms with Crippen LogP contribution in [0, 0.1) is 0 Å². The van der Waals surface area contributed by atoms with Crippen molar-refractivity contribution in [3.63, 3.8) is 0 Å². The first-order valence-electron chi connectivity index (χ1n) is 6.58. The molecule has 0 saturated heterocycles. The quantitative estimate of drug-likeness (QED) is 0.612. The van der Waals surface area contributed by atoms with E-state index in [1.54, 1.807) is 32.9 Å². The van der Waals surface area contributed by atoms with Gasteiger partial charge in [-0.15, -0.1) is 0 Å². The summed E-state index contributed by atoms with van der Waals surface area (Å²) in [5.74, 6) is -0.496. The highest BCUT2D eigenvalue weighted by molar-refractivity contribution is 7.92. The number of esters is 1. The number of nitrogen functional groups attached to an aromatic ring is 1. The zero-order valence-corrected chi connectivity index (χ0v) is 13.6. The van der Waals surface area contributed by atoms with Gasteiger partial charge in [0.25, 0.3) is 0 Å². The number of nitrogens with one attached hydrogen (secondary N) is 1. The van der Waals surface area contributed by atoms with E-state index < -0.39 is 20.6 Å². The zero-order chi connectivity index (χ0) is 16.3. The first-order valence-corrected chi connectivity index (χ1v) is 8.47. The fraction of sp³-hybridized carbons (Fsp3) is 0.500. The number of anilines is 2. The van der Waals surface area contributed by atoms with Crippen LogP contribution in [0.15, 0.2) is 18.2 Å². The van der Waals surface area contributed by atoms with Crippen LogP contribution in [0.5, 0.6) is 0 Å². The molecule has 0 bridgehead atoms. The average molecular weight is 314 g/mol. The molecule has 1 aromatic rings. The first-order chi connectivity index (χ1) is 9.58. The molecule has 0 fully saturated rings. The molecule has 0 aliphatic heterocycles. The fourth-order valence-corrected chi connectivity index (χ4v) is 1.87. The Morgan fingerprint density at radius 2 is 2.00 bits per heavy atom. The summed E-state index contributed by atoms with van der Waals surface area (Å²) in [6.45, 7) is 5.38. The maximum absolute atomic E-state index is 11.9. The molecule has 0 radical (unpaired) electrons. The maximum Gasteiger partial charge on any atom is 0.340 e. The highest BCUT2D eigenvalue weighted by Crippen LogP contribution is 2.22. The van der Waals surface area contributed by atoms with E-state index >= 15 is 0 Å². The van der Waals surface area contributed by atoms with Crippen LogP contribution >= 0.6 is 0 Å². The highest BCUT2D eigenvalue weighted by Gasteiger charge is 2.30. The Bertz CT molecular complexity index is 624. The number of ether oxygens (including phenoxy) is 1. The number of carbonyl (C=O) groups excluding carboxylic acids is 1. The molecule has 0 unspecified atom stereocenters. The summed E-state index contributed by atoms with van der Waals surface area (Å²) in [6.07, 6.45) is 1.18. The predicted octanol–water partition coefficient (Wildman–Crippen LogP) is 1.68. The molecule has 3 N–H and O–H groups in total. The number of rotatable bonds is 6. The number of hydrogen-bond donors (Lipinski definition) is 2. The third-order valence-electron chi connectivity index (χ3n) is 3.25. The topological polar surface area (TPSA) is 98.5 Å². The minimum Gasteiger partial charge on any atom is -0.462 e. The molecule has 0 saturated carbocycles. The van der Waals surface area contributed by atoms with E-state index in [2.05, 4.69) is 5.32 Å². The second-order valence-corrected chi connectivity index (χ2v) is 8.06. The van der Waals surface area contributed by atoms with Gasteiger partial charge in [-0.25, -0.2) is 13.2 Å². The van der Waals surface area contributed by atoms with Gasteiger partial charge in [0.1, 0.15) is 0 Å². The normalized spacial score (nSPS) is 12.0. The number of carbonyl (C=O) groups is 1. The van der Waals surface area contributed by atoms with Crippen molar-refractivity contribution in [3.05, 3.63) is 23.8 Å². The van der Waals surface area contributed by atoms with Crippen molar-refractivity contribution in [2.24, 2.45) is 0 Å². The molecule has 1 aromatic carbocycles. The van der Waals surface area contributed by atoms with Gasteiger partial charge in [0, 0.05) is 24.2 Å². The maximum atomic E-state index is 11.9. The molecule has 0 amide bonds. The summed E-state index contributed by atoms with van der Waals surface area (Å²) >= 11 is 0. The average Bonchev–Trinajstić information content (AvgIpc) is 2.36. The minimum atomic E-state index is -3.23. The third kappa shape index (κ3) is 4.35. The van der Waals surface area contributed by atoms with Crippen molar-refractivity contribution in [2.45, 2.75) is 25.5 Å². The van der Waals surface area contributed by atoms with Gasteiger partial charge in [0.15, 0.2) is 9.84 Å². The van der Waals surface area contributed by atoms with Gasteiger partial charge in [-0.3, -0.25) is 0 Å². The lowest BCUT2D eigenvalue weighted by molar-refractivity contribution is 0.0527. The third-order valence-corrected chi connectivity index (χ3v) is 5.40. The van der Waals surface area contributed by atoms with Crippen LogP contribution in [0.1, 0.15) is 31.1 Å². The molecular weight excluding hydrogens is 292 g/mol. The molecule has 0 aliphatic rings. The first kappa shape index (κ1) is 17.3. The molecule has 7 heteroatoms. The van der Waals surface area contributed by atoms with Crippen molar-refractivity contribution in [1.29, 1.82) is 0 Å². The molecule has 21 heavy (non-hydrogen) atoms. The smallest absolute Gasteiger partial charge is 0.340 e. The molecule has 0 aliphatic carbocycles. The zero-order valence-electron chi connectivity index (χ0n) is 12.8. The molecule has 6 nitrogen and oxygen atoms in total. The van der Waals surface area contributed by atoms with E-state index in [9.17, 15) is 13.2 Å². The standard InChI is InChI=1S/C14H22N2O4S/c1-5-20-13(17)11-8-10(15)6-7-12(11)16-9-14(2,3)21(4,18)19/h6-8,16H,5,9,15H2,1-4H3. The molecule has 0 spiro atoms. The van der Waals surface area contributed by atoms with Crippen molar-refractivity contribution in [1.82, 2.24) is 0 Å². The molecule has 0 heterocycles. The van der Waals surface area contributed by atoms with E-state index in [0.717, 1.165) is 0 Å². The molecule has 1 rings (SSSR count). The number of hydrogen-bond acceptors (Lipinski definition) is 6. The van der Waals surface area contributed by atoms with E-state index in [1.165, 1.54) is 12.3 Å². The Balaban J connectivity index is 3.01. The highest BCUT2D eigenvalue weighted by atomic mass is 32.2. The van der Waals surface area contributed by atoms with Gasteiger partial charge in [-0.1, -0.05) is 0 Å². The fourth-order valence-electron chi connectivity index (χ4n) is 1.53. The van der Waals surface area contributed by atoms with E-state index in [1.807, 2.05) is 0 Å². The van der Waals surface area contributed by atoms with Crippen LogP contribution in [0.4, 0.5) is 11.4 Å². The van der Waals surface area contributed by atoms with E-state index in [0.29, 0.717) is 16.9 Å². The van der Waals surface area contributed by atoms with Crippen LogP contribution in [-0.2, 0) is 14.6 Å². The van der Waals surface area contributed by atoms with Crippen molar-refractivity contribution < 1.29 is 17.9 Å². The summed E-state index contributed by atoms with van der Waals surface area (Å²) in [7, 11) is -3.23. The SMILES string of the molecule is CCOC(=O)c1cc(N)ccc1NCC(C)(C)S(C)(=O)=O. The van der Waals surface area contributed by atoms with Crippen LogP contribution in [0.3, 0.4) is 0 Å². The van der Waals surface area contributed by atoms with Crippen LogP contribution in [-0.4, -0.2) is 38.5 Å². The minimum absolute atomic E-state index is 0.169. The lowest BCUT2D eigenvalue weighted by Crippen LogP contribution is -2.38. The Kier molecular flexibility index (Phi) is 5.22. The van der Waals surface area contributed by atoms with Crippen molar-refractivity contribution in [2.75, 3.05) is 30.5 Å². The van der Waals surface area contributed by atoms with Gasteiger partial charge in [0.2, 0.25) is 0 Å². The second kappa shape index (κ2) is 6.34. The van der Waals surface area contributed by atoms with Gasteiger partial charge >= 0.3 is 5.97 Å². The summed E-state index contributed by atoms with van der Waals surface area (Å²) in [6, 6.07) is 4.78. The molecule has 0 atom stereocenters. The van der Waals surface area contributed by atoms with Crippen LogP contribution < -0.4 is 11.1 Å². The number of benzene rings is 1. The summed E-state index contributed by atoms with van der Waals surface area (Å²) in [5, 5.41) is 2.99. The summed E-state index contributed by atoms with van der Waals surface area (Å²) in [4.78, 5) is 11.9. The molecule has 0 aromatic heterocycles. The summed E-state index contributed by atoms with van der Waals surface area (Å²) in [5.41, 5.74) is 6.91. The van der Waals surface area contributed by atoms with Gasteiger partial charge in [0.05, 0.1) is 16.9 Å².